The summed E-state index contributed by atoms with van der Waals surface area (Å²) in [6.07, 6.45) is 0. The lowest BCUT2D eigenvalue weighted by Crippen LogP contribution is -2.22. The molecule has 1 heterocycles. The average molecular weight is 172 g/mol. The van der Waals surface area contributed by atoms with E-state index in [2.05, 4.69) is 4.90 Å². The van der Waals surface area contributed by atoms with Crippen molar-refractivity contribution in [1.29, 1.82) is 0 Å². The summed E-state index contributed by atoms with van der Waals surface area (Å²) < 4.78 is 1.75. The summed E-state index contributed by atoms with van der Waals surface area (Å²) in [5.41, 5.74) is 0.108. The Kier molecular flexibility index (Phi) is 2.84. The van der Waals surface area contributed by atoms with Gasteiger partial charge in [-0.15, -0.1) is 0 Å². The Balaban J connectivity index is 2.51. The van der Waals surface area contributed by atoms with Crippen molar-refractivity contribution in [3.8, 4) is 0 Å². The van der Waals surface area contributed by atoms with Gasteiger partial charge in [0.1, 0.15) is 0 Å². The number of aromatic nitrogens is 1. The molecule has 62 valence electrons. The smallest absolute Gasteiger partial charge is 0.260 e. The number of rotatable bonds is 3. The lowest BCUT2D eigenvalue weighted by atomic mass is 10.6. The molecule has 0 amide bonds. The standard InChI is InChI=1S/C7H12N2OS/c1-8(2)4-5-9-7(10)3-6-11-9/h3,6H,4-5H2,1-2H3. The van der Waals surface area contributed by atoms with Gasteiger partial charge in [0.15, 0.2) is 0 Å². The second-order valence-corrected chi connectivity index (χ2v) is 3.58. The summed E-state index contributed by atoms with van der Waals surface area (Å²) in [5.74, 6) is 0. The molecule has 0 aliphatic carbocycles. The molecular weight excluding hydrogens is 160 g/mol. The van der Waals surface area contributed by atoms with E-state index in [9.17, 15) is 4.79 Å². The molecule has 1 aromatic heterocycles. The normalized spacial score (nSPS) is 10.8. The quantitative estimate of drug-likeness (QED) is 0.662. The van der Waals surface area contributed by atoms with Crippen molar-refractivity contribution in [2.75, 3.05) is 20.6 Å². The predicted molar refractivity (Wildman–Crippen MR) is 47.1 cm³/mol. The highest BCUT2D eigenvalue weighted by molar-refractivity contribution is 7.04. The lowest BCUT2D eigenvalue weighted by molar-refractivity contribution is 0.388. The maximum absolute atomic E-state index is 11.0. The monoisotopic (exact) mass is 172 g/mol. The van der Waals surface area contributed by atoms with Gasteiger partial charge in [0, 0.05) is 24.5 Å². The Bertz CT molecular complexity index is 263. The van der Waals surface area contributed by atoms with Crippen LogP contribution in [0.15, 0.2) is 16.2 Å². The van der Waals surface area contributed by atoms with Crippen LogP contribution in [0.25, 0.3) is 0 Å². The van der Waals surface area contributed by atoms with Crippen LogP contribution >= 0.6 is 11.5 Å². The Labute approximate surface area is 70.0 Å². The highest BCUT2D eigenvalue weighted by Gasteiger charge is 1.96. The third kappa shape index (κ3) is 2.48. The summed E-state index contributed by atoms with van der Waals surface area (Å²) in [5, 5.41) is 1.82. The Morgan fingerprint density at radius 1 is 1.64 bits per heavy atom. The van der Waals surface area contributed by atoms with E-state index < -0.39 is 0 Å². The first-order valence-electron chi connectivity index (χ1n) is 3.49. The molecule has 0 aliphatic rings. The van der Waals surface area contributed by atoms with E-state index in [4.69, 9.17) is 0 Å². The summed E-state index contributed by atoms with van der Waals surface area (Å²) in [7, 11) is 4.00. The number of nitrogens with zero attached hydrogens (tertiary/aromatic N) is 2. The van der Waals surface area contributed by atoms with Gasteiger partial charge >= 0.3 is 0 Å². The van der Waals surface area contributed by atoms with E-state index in [1.807, 2.05) is 19.5 Å². The van der Waals surface area contributed by atoms with Crippen LogP contribution < -0.4 is 5.56 Å². The summed E-state index contributed by atoms with van der Waals surface area (Å²) >= 11 is 1.47. The molecule has 0 aromatic carbocycles. The summed E-state index contributed by atoms with van der Waals surface area (Å²) in [4.78, 5) is 13.0. The zero-order chi connectivity index (χ0) is 8.27. The van der Waals surface area contributed by atoms with Crippen LogP contribution in [0.1, 0.15) is 0 Å². The summed E-state index contributed by atoms with van der Waals surface area (Å²) in [6.45, 7) is 1.71. The minimum atomic E-state index is 0.108. The molecule has 0 saturated carbocycles. The highest BCUT2D eigenvalue weighted by Crippen LogP contribution is 1.92. The Morgan fingerprint density at radius 2 is 2.36 bits per heavy atom. The van der Waals surface area contributed by atoms with Crippen molar-refractivity contribution >= 4 is 11.5 Å². The van der Waals surface area contributed by atoms with Gasteiger partial charge in [-0.1, -0.05) is 11.5 Å². The van der Waals surface area contributed by atoms with Crippen molar-refractivity contribution in [2.24, 2.45) is 0 Å². The minimum absolute atomic E-state index is 0.108. The van der Waals surface area contributed by atoms with Crippen molar-refractivity contribution in [3.63, 3.8) is 0 Å². The molecule has 3 nitrogen and oxygen atoms in total. The van der Waals surface area contributed by atoms with Crippen molar-refractivity contribution in [3.05, 3.63) is 21.8 Å². The Hall–Kier alpha value is -0.610. The van der Waals surface area contributed by atoms with Gasteiger partial charge < -0.3 is 4.90 Å². The second kappa shape index (κ2) is 3.69. The van der Waals surface area contributed by atoms with Crippen LogP contribution in [0.5, 0.6) is 0 Å². The number of hydrogen-bond donors (Lipinski definition) is 0. The molecule has 4 heteroatoms. The third-order valence-electron chi connectivity index (χ3n) is 1.39. The summed E-state index contributed by atoms with van der Waals surface area (Å²) in [6, 6.07) is 1.60. The van der Waals surface area contributed by atoms with E-state index in [0.717, 1.165) is 13.1 Å². The largest absolute Gasteiger partial charge is 0.308 e. The second-order valence-electron chi connectivity index (χ2n) is 2.65. The predicted octanol–water partition coefficient (Wildman–Crippen LogP) is 0.471. The van der Waals surface area contributed by atoms with E-state index in [-0.39, 0.29) is 5.56 Å². The van der Waals surface area contributed by atoms with Gasteiger partial charge in [-0.2, -0.15) is 0 Å². The first-order valence-corrected chi connectivity index (χ1v) is 4.33. The van der Waals surface area contributed by atoms with Crippen LogP contribution in [-0.2, 0) is 6.54 Å². The fraction of sp³-hybridized carbons (Fsp3) is 0.571. The third-order valence-corrected chi connectivity index (χ3v) is 2.27. The van der Waals surface area contributed by atoms with Crippen LogP contribution in [0.3, 0.4) is 0 Å². The Morgan fingerprint density at radius 3 is 2.82 bits per heavy atom. The van der Waals surface area contributed by atoms with Crippen LogP contribution in [0.2, 0.25) is 0 Å². The molecular formula is C7H12N2OS. The lowest BCUT2D eigenvalue weighted by Gasteiger charge is -2.07. The number of likely N-dealkylation sites (N-methyl/N-ethyl adjacent to an activating group) is 1. The van der Waals surface area contributed by atoms with Gasteiger partial charge in [0.05, 0.1) is 0 Å². The zero-order valence-electron chi connectivity index (χ0n) is 6.78. The fourth-order valence-corrected chi connectivity index (χ4v) is 1.43. The SMILES string of the molecule is CN(C)CCn1sccc1=O. The molecule has 0 bridgehead atoms. The first-order chi connectivity index (χ1) is 5.20. The van der Waals surface area contributed by atoms with Crippen molar-refractivity contribution < 1.29 is 0 Å². The zero-order valence-corrected chi connectivity index (χ0v) is 7.60. The van der Waals surface area contributed by atoms with Gasteiger partial charge in [-0.05, 0) is 14.1 Å². The number of hydrogen-bond acceptors (Lipinski definition) is 3. The molecule has 0 spiro atoms. The van der Waals surface area contributed by atoms with E-state index >= 15 is 0 Å². The topological polar surface area (TPSA) is 25.2 Å². The molecule has 0 unspecified atom stereocenters. The molecule has 11 heavy (non-hydrogen) atoms. The van der Waals surface area contributed by atoms with E-state index in [1.165, 1.54) is 11.5 Å². The minimum Gasteiger partial charge on any atom is -0.308 e. The molecule has 0 saturated heterocycles. The van der Waals surface area contributed by atoms with Crippen LogP contribution in [0.4, 0.5) is 0 Å². The molecule has 0 N–H and O–H groups in total. The van der Waals surface area contributed by atoms with Crippen molar-refractivity contribution in [1.82, 2.24) is 8.86 Å². The van der Waals surface area contributed by atoms with Gasteiger partial charge in [0.2, 0.25) is 0 Å². The molecule has 0 radical (unpaired) electrons. The van der Waals surface area contributed by atoms with Crippen LogP contribution in [0, 0.1) is 0 Å². The van der Waals surface area contributed by atoms with E-state index in [0.29, 0.717) is 0 Å². The van der Waals surface area contributed by atoms with Gasteiger partial charge in [-0.25, -0.2) is 0 Å². The molecule has 0 fully saturated rings. The van der Waals surface area contributed by atoms with Crippen LogP contribution in [-0.4, -0.2) is 29.5 Å². The maximum atomic E-state index is 11.0. The molecule has 0 atom stereocenters. The molecule has 1 rings (SSSR count). The first kappa shape index (κ1) is 8.49. The fourth-order valence-electron chi connectivity index (χ4n) is 0.751. The molecule has 0 aliphatic heterocycles. The van der Waals surface area contributed by atoms with E-state index in [1.54, 1.807) is 10.0 Å². The molecule has 1 aromatic rings. The van der Waals surface area contributed by atoms with Crippen molar-refractivity contribution in [2.45, 2.75) is 6.54 Å². The van der Waals surface area contributed by atoms with Gasteiger partial charge in [0.25, 0.3) is 5.56 Å². The van der Waals surface area contributed by atoms with Gasteiger partial charge in [-0.3, -0.25) is 8.75 Å². The average Bonchev–Trinajstić information content (AvgIpc) is 2.31. The maximum Gasteiger partial charge on any atom is 0.260 e. The highest BCUT2D eigenvalue weighted by atomic mass is 32.1.